The number of primary sulfonamides is 1. The second-order valence-corrected chi connectivity index (χ2v) is 3.79. The molecule has 0 spiro atoms. The fourth-order valence-electron chi connectivity index (χ4n) is 0.232. The molecule has 0 aromatic heterocycles. The van der Waals surface area contributed by atoms with Gasteiger partial charge in [-0.15, -0.1) is 0 Å². The lowest BCUT2D eigenvalue weighted by molar-refractivity contribution is 0.583. The van der Waals surface area contributed by atoms with Gasteiger partial charge in [0.25, 0.3) is 0 Å². The molecule has 0 saturated carbocycles. The van der Waals surface area contributed by atoms with Gasteiger partial charge in [-0.05, 0) is 13.3 Å². The smallest absolute Gasteiger partial charge is 0.211 e. The molecule has 4 heteroatoms. The lowest BCUT2D eigenvalue weighted by Crippen LogP contribution is -2.24. The fourth-order valence-corrected chi connectivity index (χ4v) is 0.697. The first-order valence-corrected chi connectivity index (χ1v) is 4.11. The lowest BCUT2D eigenvalue weighted by Gasteiger charge is -2.01. The third-order valence-corrected chi connectivity index (χ3v) is 2.59. The van der Waals surface area contributed by atoms with Gasteiger partial charge in [0.1, 0.15) is 0 Å². The average Bonchev–Trinajstić information content (AvgIpc) is 1.62. The van der Waals surface area contributed by atoms with Crippen LogP contribution in [0.15, 0.2) is 0 Å². The number of nitrogens with two attached hydrogens (primary N) is 1. The maximum absolute atomic E-state index is 10.3. The van der Waals surface area contributed by atoms with E-state index in [2.05, 4.69) is 0 Å². The number of hydrogen-bond donors (Lipinski definition) is 1. The van der Waals surface area contributed by atoms with Crippen molar-refractivity contribution in [1.29, 1.82) is 0 Å². The molecular formula is C4H11NO2S. The van der Waals surface area contributed by atoms with Crippen LogP contribution in [-0.4, -0.2) is 13.7 Å². The molecular weight excluding hydrogens is 126 g/mol. The molecule has 0 aromatic carbocycles. The quantitative estimate of drug-likeness (QED) is 0.585. The molecule has 0 aromatic rings. The zero-order valence-corrected chi connectivity index (χ0v) is 5.90. The van der Waals surface area contributed by atoms with Crippen LogP contribution < -0.4 is 5.14 Å². The van der Waals surface area contributed by atoms with Crippen molar-refractivity contribution < 1.29 is 8.42 Å². The van der Waals surface area contributed by atoms with Crippen LogP contribution in [0.5, 0.6) is 0 Å². The Morgan fingerprint density at radius 3 is 2.00 bits per heavy atom. The second-order valence-electron chi connectivity index (χ2n) is 1.81. The van der Waals surface area contributed by atoms with Crippen LogP contribution in [0.2, 0.25) is 0 Å². The van der Waals surface area contributed by atoms with Crippen molar-refractivity contribution in [1.82, 2.24) is 0 Å². The summed E-state index contributed by atoms with van der Waals surface area (Å²) in [4.78, 5) is 0. The summed E-state index contributed by atoms with van der Waals surface area (Å²) in [5.74, 6) is 0. The van der Waals surface area contributed by atoms with Gasteiger partial charge in [0.05, 0.1) is 5.25 Å². The molecule has 0 saturated heterocycles. The number of hydrogen-bond acceptors (Lipinski definition) is 2. The van der Waals surface area contributed by atoms with Crippen molar-refractivity contribution >= 4 is 10.0 Å². The van der Waals surface area contributed by atoms with Gasteiger partial charge < -0.3 is 0 Å². The largest absolute Gasteiger partial charge is 0.228 e. The Kier molecular flexibility index (Phi) is 2.43. The summed E-state index contributed by atoms with van der Waals surface area (Å²) in [7, 11) is -3.25. The highest BCUT2D eigenvalue weighted by atomic mass is 32.2. The minimum absolute atomic E-state index is 0.400. The minimum atomic E-state index is -3.25. The Hall–Kier alpha value is -0.0900. The molecule has 0 aliphatic rings. The van der Waals surface area contributed by atoms with Crippen molar-refractivity contribution in [2.24, 2.45) is 5.14 Å². The zero-order valence-electron chi connectivity index (χ0n) is 5.09. The molecule has 0 fully saturated rings. The highest BCUT2D eigenvalue weighted by Crippen LogP contribution is 1.97. The van der Waals surface area contributed by atoms with E-state index in [1.165, 1.54) is 0 Å². The van der Waals surface area contributed by atoms with Crippen LogP contribution in [-0.2, 0) is 10.0 Å². The molecule has 8 heavy (non-hydrogen) atoms. The van der Waals surface area contributed by atoms with E-state index in [4.69, 9.17) is 5.14 Å². The molecule has 0 amide bonds. The Balaban J connectivity index is 4.04. The molecule has 0 unspecified atom stereocenters. The van der Waals surface area contributed by atoms with E-state index in [1.54, 1.807) is 13.8 Å². The summed E-state index contributed by atoms with van der Waals surface area (Å²) in [5, 5.41) is 4.36. The summed E-state index contributed by atoms with van der Waals surface area (Å²) in [6.07, 6.45) is 0.582. The Bertz CT molecular complexity index is 149. The van der Waals surface area contributed by atoms with Crippen LogP contribution in [0.25, 0.3) is 0 Å². The third kappa shape index (κ3) is 2.28. The van der Waals surface area contributed by atoms with Gasteiger partial charge in [-0.2, -0.15) is 0 Å². The Labute approximate surface area is 49.9 Å². The standard InChI is InChI=1S/C4H11NO2S/c1-3-4(2)8(5,6)7/h4H,3H2,1-2H3,(H2,5,6,7)/t4-/m1/s1. The number of rotatable bonds is 2. The predicted molar refractivity (Wildman–Crippen MR) is 32.9 cm³/mol. The zero-order chi connectivity index (χ0) is 6.78. The summed E-state index contributed by atoms with van der Waals surface area (Å²) < 4.78 is 20.7. The maximum atomic E-state index is 10.3. The molecule has 0 heterocycles. The molecule has 0 bridgehead atoms. The van der Waals surface area contributed by atoms with Gasteiger partial charge in [0.15, 0.2) is 0 Å². The van der Waals surface area contributed by atoms with E-state index >= 15 is 0 Å². The average molecular weight is 137 g/mol. The van der Waals surface area contributed by atoms with Gasteiger partial charge in [0, 0.05) is 0 Å². The van der Waals surface area contributed by atoms with Gasteiger partial charge in [-0.1, -0.05) is 6.92 Å². The molecule has 3 nitrogen and oxygen atoms in total. The molecule has 0 rings (SSSR count). The van der Waals surface area contributed by atoms with Crippen LogP contribution in [0.4, 0.5) is 0 Å². The van der Waals surface area contributed by atoms with E-state index in [0.29, 0.717) is 6.42 Å². The fraction of sp³-hybridized carbons (Fsp3) is 1.00. The Morgan fingerprint density at radius 1 is 1.62 bits per heavy atom. The number of sulfonamides is 1. The third-order valence-electron chi connectivity index (χ3n) is 1.14. The molecule has 1 atom stereocenters. The minimum Gasteiger partial charge on any atom is -0.228 e. The van der Waals surface area contributed by atoms with E-state index in [9.17, 15) is 8.42 Å². The van der Waals surface area contributed by atoms with Crippen LogP contribution in [0.3, 0.4) is 0 Å². The first-order chi connectivity index (χ1) is 3.48. The van der Waals surface area contributed by atoms with Crippen molar-refractivity contribution in [3.8, 4) is 0 Å². The molecule has 50 valence electrons. The van der Waals surface area contributed by atoms with Crippen LogP contribution >= 0.6 is 0 Å². The summed E-state index contributed by atoms with van der Waals surface area (Å²) in [5.41, 5.74) is 0. The SMILES string of the molecule is CC[C@@H](C)S(N)(=O)=O. The summed E-state index contributed by atoms with van der Waals surface area (Å²) in [6.45, 7) is 3.38. The van der Waals surface area contributed by atoms with E-state index in [0.717, 1.165) is 0 Å². The highest BCUT2D eigenvalue weighted by Gasteiger charge is 2.11. The lowest BCUT2D eigenvalue weighted by atomic mass is 10.4. The van der Waals surface area contributed by atoms with E-state index in [1.807, 2.05) is 0 Å². The summed E-state index contributed by atoms with van der Waals surface area (Å²) in [6, 6.07) is 0. The van der Waals surface area contributed by atoms with Crippen molar-refractivity contribution in [2.45, 2.75) is 25.5 Å². The topological polar surface area (TPSA) is 60.2 Å². The van der Waals surface area contributed by atoms with Crippen molar-refractivity contribution in [3.05, 3.63) is 0 Å². The maximum Gasteiger partial charge on any atom is 0.211 e. The Morgan fingerprint density at radius 2 is 2.00 bits per heavy atom. The predicted octanol–water partition coefficient (Wildman–Crippen LogP) is 0.0734. The normalized spacial score (nSPS) is 15.9. The van der Waals surface area contributed by atoms with Crippen LogP contribution in [0.1, 0.15) is 20.3 Å². The highest BCUT2D eigenvalue weighted by molar-refractivity contribution is 7.89. The van der Waals surface area contributed by atoms with E-state index < -0.39 is 15.3 Å². The second kappa shape index (κ2) is 2.46. The van der Waals surface area contributed by atoms with Crippen LogP contribution in [0, 0.1) is 0 Å². The van der Waals surface area contributed by atoms with E-state index in [-0.39, 0.29) is 0 Å². The first kappa shape index (κ1) is 7.91. The van der Waals surface area contributed by atoms with Gasteiger partial charge in [-0.3, -0.25) is 0 Å². The van der Waals surface area contributed by atoms with Gasteiger partial charge in [0.2, 0.25) is 10.0 Å². The molecule has 0 aliphatic heterocycles. The molecule has 2 N–H and O–H groups in total. The first-order valence-electron chi connectivity index (χ1n) is 2.50. The van der Waals surface area contributed by atoms with Gasteiger partial charge >= 0.3 is 0 Å². The van der Waals surface area contributed by atoms with Crippen molar-refractivity contribution in [3.63, 3.8) is 0 Å². The van der Waals surface area contributed by atoms with Crippen molar-refractivity contribution in [2.75, 3.05) is 0 Å². The molecule has 0 aliphatic carbocycles. The monoisotopic (exact) mass is 137 g/mol. The van der Waals surface area contributed by atoms with Gasteiger partial charge in [-0.25, -0.2) is 13.6 Å². The molecule has 0 radical (unpaired) electrons. The summed E-state index contributed by atoms with van der Waals surface area (Å²) >= 11 is 0.